The maximum Gasteiger partial charge on any atom is 0.236 e. The molecule has 0 aromatic carbocycles. The van der Waals surface area contributed by atoms with Crippen molar-refractivity contribution in [3.63, 3.8) is 0 Å². The SMILES string of the molecule is C=CCC(C/C=C/CCC)(C(=O)NCC)C(=O)NCC. The van der Waals surface area contributed by atoms with Crippen molar-refractivity contribution in [2.75, 3.05) is 13.1 Å². The summed E-state index contributed by atoms with van der Waals surface area (Å²) < 4.78 is 0. The summed E-state index contributed by atoms with van der Waals surface area (Å²) in [7, 11) is 0. The lowest BCUT2D eigenvalue weighted by molar-refractivity contribution is -0.143. The van der Waals surface area contributed by atoms with Gasteiger partial charge < -0.3 is 10.6 Å². The molecular formula is C16H28N2O2. The molecule has 2 N–H and O–H groups in total. The maximum atomic E-state index is 12.4. The molecule has 0 rings (SSSR count). The van der Waals surface area contributed by atoms with Crippen molar-refractivity contribution in [3.05, 3.63) is 24.8 Å². The van der Waals surface area contributed by atoms with E-state index >= 15 is 0 Å². The van der Waals surface area contributed by atoms with Crippen LogP contribution >= 0.6 is 0 Å². The number of carbonyl (C=O) groups excluding carboxylic acids is 2. The first-order valence-electron chi connectivity index (χ1n) is 7.41. The Bertz CT molecular complexity index is 330. The van der Waals surface area contributed by atoms with Crippen LogP contribution in [0.1, 0.15) is 46.5 Å². The van der Waals surface area contributed by atoms with E-state index in [1.165, 1.54) is 0 Å². The van der Waals surface area contributed by atoms with Crippen molar-refractivity contribution in [1.82, 2.24) is 10.6 Å². The molecule has 20 heavy (non-hydrogen) atoms. The summed E-state index contributed by atoms with van der Waals surface area (Å²) in [5.41, 5.74) is -1.09. The van der Waals surface area contributed by atoms with E-state index in [1.807, 2.05) is 26.0 Å². The van der Waals surface area contributed by atoms with E-state index < -0.39 is 5.41 Å². The lowest BCUT2D eigenvalue weighted by Gasteiger charge is -2.29. The van der Waals surface area contributed by atoms with E-state index in [1.54, 1.807) is 6.08 Å². The van der Waals surface area contributed by atoms with Gasteiger partial charge in [0.15, 0.2) is 0 Å². The van der Waals surface area contributed by atoms with Crippen LogP contribution in [-0.4, -0.2) is 24.9 Å². The summed E-state index contributed by atoms with van der Waals surface area (Å²) in [6.07, 6.45) is 8.33. The first-order chi connectivity index (χ1) is 9.58. The molecule has 0 aromatic heterocycles. The average molecular weight is 280 g/mol. The van der Waals surface area contributed by atoms with Crippen molar-refractivity contribution < 1.29 is 9.59 Å². The second-order valence-corrected chi connectivity index (χ2v) is 4.76. The third kappa shape index (κ3) is 5.19. The third-order valence-corrected chi connectivity index (χ3v) is 3.13. The van der Waals surface area contributed by atoms with Crippen LogP contribution in [0.15, 0.2) is 24.8 Å². The van der Waals surface area contributed by atoms with E-state index in [2.05, 4.69) is 24.1 Å². The van der Waals surface area contributed by atoms with Crippen LogP contribution < -0.4 is 10.6 Å². The first kappa shape index (κ1) is 18.4. The van der Waals surface area contributed by atoms with Crippen molar-refractivity contribution in [3.8, 4) is 0 Å². The first-order valence-corrected chi connectivity index (χ1v) is 7.41. The molecule has 0 fully saturated rings. The lowest BCUT2D eigenvalue weighted by Crippen LogP contribution is -2.51. The van der Waals surface area contributed by atoms with Crippen molar-refractivity contribution >= 4 is 11.8 Å². The highest BCUT2D eigenvalue weighted by Gasteiger charge is 2.43. The van der Waals surface area contributed by atoms with E-state index in [4.69, 9.17) is 0 Å². The van der Waals surface area contributed by atoms with Crippen molar-refractivity contribution in [2.24, 2.45) is 5.41 Å². The fourth-order valence-electron chi connectivity index (χ4n) is 2.03. The monoisotopic (exact) mass is 280 g/mol. The van der Waals surface area contributed by atoms with Gasteiger partial charge in [-0.2, -0.15) is 0 Å². The average Bonchev–Trinajstić information content (AvgIpc) is 2.42. The van der Waals surface area contributed by atoms with Crippen LogP contribution in [-0.2, 0) is 9.59 Å². The minimum atomic E-state index is -1.09. The van der Waals surface area contributed by atoms with Gasteiger partial charge in [-0.3, -0.25) is 9.59 Å². The molecule has 0 radical (unpaired) electrons. The summed E-state index contributed by atoms with van der Waals surface area (Å²) in [5.74, 6) is -0.459. The van der Waals surface area contributed by atoms with Crippen LogP contribution in [0.4, 0.5) is 0 Å². The second-order valence-electron chi connectivity index (χ2n) is 4.76. The predicted octanol–water partition coefficient (Wildman–Crippen LogP) is 2.57. The third-order valence-electron chi connectivity index (χ3n) is 3.13. The normalized spacial score (nSPS) is 11.3. The van der Waals surface area contributed by atoms with Crippen molar-refractivity contribution in [1.29, 1.82) is 0 Å². The van der Waals surface area contributed by atoms with E-state index in [-0.39, 0.29) is 11.8 Å². The van der Waals surface area contributed by atoms with Gasteiger partial charge in [-0.1, -0.05) is 31.6 Å². The molecule has 0 heterocycles. The highest BCUT2D eigenvalue weighted by molar-refractivity contribution is 6.05. The van der Waals surface area contributed by atoms with Crippen LogP contribution in [0.5, 0.6) is 0 Å². The van der Waals surface area contributed by atoms with Gasteiger partial charge >= 0.3 is 0 Å². The van der Waals surface area contributed by atoms with Crippen LogP contribution in [0.2, 0.25) is 0 Å². The van der Waals surface area contributed by atoms with E-state index in [9.17, 15) is 9.59 Å². The molecule has 0 spiro atoms. The number of amides is 2. The Morgan fingerprint density at radius 2 is 1.55 bits per heavy atom. The van der Waals surface area contributed by atoms with Gasteiger partial charge in [0.2, 0.25) is 11.8 Å². The number of rotatable bonds is 10. The van der Waals surface area contributed by atoms with Gasteiger partial charge in [0.25, 0.3) is 0 Å². The quantitative estimate of drug-likeness (QED) is 0.477. The van der Waals surface area contributed by atoms with Gasteiger partial charge in [-0.15, -0.1) is 6.58 Å². The zero-order valence-corrected chi connectivity index (χ0v) is 13.0. The summed E-state index contributed by atoms with van der Waals surface area (Å²) >= 11 is 0. The molecule has 4 nitrogen and oxygen atoms in total. The number of nitrogens with one attached hydrogen (secondary N) is 2. The van der Waals surface area contributed by atoms with Gasteiger partial charge in [-0.05, 0) is 33.1 Å². The standard InChI is InChI=1S/C16H28N2O2/c1-5-9-10-11-13-16(12-6-2,14(19)17-7-3)15(20)18-8-4/h6,10-11H,2,5,7-9,12-13H2,1,3-4H3,(H,17,19)(H,18,20)/b11-10+. The number of unbranched alkanes of at least 4 members (excludes halogenated alkanes) is 1. The molecule has 0 bridgehead atoms. The minimum absolute atomic E-state index is 0.230. The fraction of sp³-hybridized carbons (Fsp3) is 0.625. The largest absolute Gasteiger partial charge is 0.355 e. The molecule has 0 aliphatic heterocycles. The zero-order valence-electron chi connectivity index (χ0n) is 13.0. The Hall–Kier alpha value is -1.58. The molecule has 114 valence electrons. The molecule has 2 amide bonds. The Labute approximate surface area is 122 Å². The van der Waals surface area contributed by atoms with E-state index in [0.29, 0.717) is 25.9 Å². The molecule has 0 aliphatic carbocycles. The predicted molar refractivity (Wildman–Crippen MR) is 83.3 cm³/mol. The summed E-state index contributed by atoms with van der Waals surface area (Å²) in [4.78, 5) is 24.8. The molecule has 0 atom stereocenters. The van der Waals surface area contributed by atoms with Crippen LogP contribution in [0, 0.1) is 5.41 Å². The molecule has 0 unspecified atom stereocenters. The second kappa shape index (κ2) is 10.2. The molecule has 0 saturated heterocycles. The Kier molecular flexibility index (Phi) is 9.43. The number of allylic oxidation sites excluding steroid dienone is 3. The summed E-state index contributed by atoms with van der Waals surface area (Å²) in [6.45, 7) is 10.5. The van der Waals surface area contributed by atoms with Gasteiger partial charge in [-0.25, -0.2) is 0 Å². The molecule has 4 heteroatoms. The number of hydrogen-bond donors (Lipinski definition) is 2. The molecular weight excluding hydrogens is 252 g/mol. The number of hydrogen-bond acceptors (Lipinski definition) is 2. The maximum absolute atomic E-state index is 12.4. The topological polar surface area (TPSA) is 58.2 Å². The van der Waals surface area contributed by atoms with Crippen LogP contribution in [0.25, 0.3) is 0 Å². The molecule has 0 saturated carbocycles. The molecule has 0 aromatic rings. The summed E-state index contributed by atoms with van der Waals surface area (Å²) in [6, 6.07) is 0. The van der Waals surface area contributed by atoms with Gasteiger partial charge in [0.05, 0.1) is 0 Å². The van der Waals surface area contributed by atoms with Crippen LogP contribution in [0.3, 0.4) is 0 Å². The lowest BCUT2D eigenvalue weighted by atomic mass is 9.78. The summed E-state index contributed by atoms with van der Waals surface area (Å²) in [5, 5.41) is 5.54. The van der Waals surface area contributed by atoms with Gasteiger partial charge in [0.1, 0.15) is 5.41 Å². The Balaban J connectivity index is 5.25. The highest BCUT2D eigenvalue weighted by atomic mass is 16.2. The Morgan fingerprint density at radius 1 is 1.00 bits per heavy atom. The molecule has 0 aliphatic rings. The Morgan fingerprint density at radius 3 is 1.95 bits per heavy atom. The van der Waals surface area contributed by atoms with Gasteiger partial charge in [0, 0.05) is 13.1 Å². The minimum Gasteiger partial charge on any atom is -0.355 e. The highest BCUT2D eigenvalue weighted by Crippen LogP contribution is 2.29. The van der Waals surface area contributed by atoms with E-state index in [0.717, 1.165) is 12.8 Å². The zero-order chi connectivity index (χ0) is 15.4. The smallest absolute Gasteiger partial charge is 0.236 e. The fourth-order valence-corrected chi connectivity index (χ4v) is 2.03. The van der Waals surface area contributed by atoms with Crippen molar-refractivity contribution in [2.45, 2.75) is 46.5 Å². The number of carbonyl (C=O) groups is 2.